The van der Waals surface area contributed by atoms with Crippen molar-refractivity contribution in [3.05, 3.63) is 35.4 Å². The standard InChI is InChI=1S/C21H32N4OS/c1-4-22-20(25-12-13-27-21(2,3)16-25)23-14-17-8-5-6-9-18(17)15-24-11-7-10-19(24)26/h5-6,8-9H,4,7,10-16H2,1-3H3,(H,22,23). The zero-order chi connectivity index (χ0) is 19.3. The lowest BCUT2D eigenvalue weighted by molar-refractivity contribution is -0.128. The molecular weight excluding hydrogens is 356 g/mol. The predicted molar refractivity (Wildman–Crippen MR) is 114 cm³/mol. The van der Waals surface area contributed by atoms with Crippen LogP contribution in [0.1, 0.15) is 44.7 Å². The number of hydrogen-bond acceptors (Lipinski definition) is 3. The molecule has 0 spiro atoms. The van der Waals surface area contributed by atoms with Crippen molar-refractivity contribution in [1.29, 1.82) is 0 Å². The average molecular weight is 389 g/mol. The molecule has 148 valence electrons. The molecule has 1 N–H and O–H groups in total. The van der Waals surface area contributed by atoms with E-state index in [1.54, 1.807) is 0 Å². The highest BCUT2D eigenvalue weighted by molar-refractivity contribution is 8.00. The minimum Gasteiger partial charge on any atom is -0.357 e. The SMILES string of the molecule is CCNC(=NCc1ccccc1CN1CCCC1=O)N1CCSC(C)(C)C1. The number of thioether (sulfide) groups is 1. The van der Waals surface area contributed by atoms with Gasteiger partial charge in [-0.05, 0) is 38.3 Å². The monoisotopic (exact) mass is 388 g/mol. The van der Waals surface area contributed by atoms with E-state index in [1.807, 2.05) is 16.7 Å². The number of hydrogen-bond donors (Lipinski definition) is 1. The second kappa shape index (κ2) is 9.00. The first-order chi connectivity index (χ1) is 13.0. The Kier molecular flexibility index (Phi) is 6.68. The van der Waals surface area contributed by atoms with Gasteiger partial charge in [0, 0.05) is 49.6 Å². The van der Waals surface area contributed by atoms with Gasteiger partial charge in [0.05, 0.1) is 6.54 Å². The Balaban J connectivity index is 1.73. The molecule has 5 nitrogen and oxygen atoms in total. The number of benzene rings is 1. The molecule has 0 unspecified atom stereocenters. The average Bonchev–Trinajstić information content (AvgIpc) is 3.03. The number of rotatable bonds is 5. The van der Waals surface area contributed by atoms with Crippen LogP contribution in [0, 0.1) is 0 Å². The van der Waals surface area contributed by atoms with Crippen LogP contribution in [-0.4, -0.2) is 58.3 Å². The van der Waals surface area contributed by atoms with Crippen molar-refractivity contribution in [2.45, 2.75) is 51.4 Å². The van der Waals surface area contributed by atoms with Gasteiger partial charge < -0.3 is 15.1 Å². The minimum atomic E-state index is 0.252. The lowest BCUT2D eigenvalue weighted by atomic mass is 10.1. The summed E-state index contributed by atoms with van der Waals surface area (Å²) in [4.78, 5) is 21.3. The van der Waals surface area contributed by atoms with Gasteiger partial charge in [0.25, 0.3) is 0 Å². The number of nitrogens with one attached hydrogen (secondary N) is 1. The van der Waals surface area contributed by atoms with E-state index < -0.39 is 0 Å². The van der Waals surface area contributed by atoms with E-state index in [1.165, 1.54) is 11.1 Å². The van der Waals surface area contributed by atoms with Crippen molar-refractivity contribution < 1.29 is 4.79 Å². The Morgan fingerprint density at radius 1 is 1.26 bits per heavy atom. The van der Waals surface area contributed by atoms with Gasteiger partial charge in [0.2, 0.25) is 5.91 Å². The van der Waals surface area contributed by atoms with E-state index in [2.05, 4.69) is 55.3 Å². The van der Waals surface area contributed by atoms with Gasteiger partial charge in [0.15, 0.2) is 5.96 Å². The summed E-state index contributed by atoms with van der Waals surface area (Å²) in [6.07, 6.45) is 1.67. The largest absolute Gasteiger partial charge is 0.357 e. The highest BCUT2D eigenvalue weighted by Crippen LogP contribution is 2.29. The molecule has 1 aromatic rings. The van der Waals surface area contributed by atoms with Gasteiger partial charge in [-0.15, -0.1) is 0 Å². The maximum absolute atomic E-state index is 12.0. The highest BCUT2D eigenvalue weighted by atomic mass is 32.2. The van der Waals surface area contributed by atoms with Crippen LogP contribution in [0.4, 0.5) is 0 Å². The van der Waals surface area contributed by atoms with Crippen LogP contribution in [0.15, 0.2) is 29.3 Å². The van der Waals surface area contributed by atoms with Gasteiger partial charge in [0.1, 0.15) is 0 Å². The topological polar surface area (TPSA) is 47.9 Å². The van der Waals surface area contributed by atoms with Gasteiger partial charge in [-0.1, -0.05) is 24.3 Å². The number of aliphatic imine (C=N–C) groups is 1. The molecule has 0 atom stereocenters. The summed E-state index contributed by atoms with van der Waals surface area (Å²) in [5.74, 6) is 2.40. The molecule has 0 aliphatic carbocycles. The van der Waals surface area contributed by atoms with E-state index in [0.717, 1.165) is 44.3 Å². The molecule has 2 aliphatic heterocycles. The van der Waals surface area contributed by atoms with Crippen LogP contribution >= 0.6 is 11.8 Å². The third-order valence-electron chi connectivity index (χ3n) is 5.11. The number of carbonyl (C=O) groups excluding carboxylic acids is 1. The summed E-state index contributed by atoms with van der Waals surface area (Å²) >= 11 is 2.03. The van der Waals surface area contributed by atoms with Gasteiger partial charge in [-0.2, -0.15) is 11.8 Å². The lowest BCUT2D eigenvalue weighted by Crippen LogP contribution is -2.50. The van der Waals surface area contributed by atoms with Crippen LogP contribution in [0.25, 0.3) is 0 Å². The molecule has 2 saturated heterocycles. The molecule has 1 amide bonds. The molecular formula is C21H32N4OS. The molecule has 0 radical (unpaired) electrons. The Labute approximate surface area is 167 Å². The quantitative estimate of drug-likeness (QED) is 0.622. The van der Waals surface area contributed by atoms with Crippen LogP contribution in [-0.2, 0) is 17.9 Å². The molecule has 2 heterocycles. The van der Waals surface area contributed by atoms with Crippen LogP contribution in [0.2, 0.25) is 0 Å². The fraction of sp³-hybridized carbons (Fsp3) is 0.619. The third-order valence-corrected chi connectivity index (χ3v) is 6.41. The van der Waals surface area contributed by atoms with Crippen molar-refractivity contribution >= 4 is 23.6 Å². The van der Waals surface area contributed by atoms with E-state index in [4.69, 9.17) is 4.99 Å². The molecule has 0 aromatic heterocycles. The van der Waals surface area contributed by atoms with Crippen LogP contribution in [0.3, 0.4) is 0 Å². The van der Waals surface area contributed by atoms with Crippen LogP contribution in [0.5, 0.6) is 0 Å². The summed E-state index contributed by atoms with van der Waals surface area (Å²) < 4.78 is 0.252. The van der Waals surface area contributed by atoms with E-state index in [-0.39, 0.29) is 10.7 Å². The Bertz CT molecular complexity index is 689. The van der Waals surface area contributed by atoms with Crippen molar-refractivity contribution in [2.75, 3.05) is 31.9 Å². The van der Waals surface area contributed by atoms with Crippen molar-refractivity contribution in [1.82, 2.24) is 15.1 Å². The zero-order valence-electron chi connectivity index (χ0n) is 16.8. The number of likely N-dealkylation sites (tertiary alicyclic amines) is 1. The lowest BCUT2D eigenvalue weighted by Gasteiger charge is -2.39. The molecule has 3 rings (SSSR count). The summed E-state index contributed by atoms with van der Waals surface area (Å²) in [5, 5.41) is 3.46. The Morgan fingerprint density at radius 3 is 2.70 bits per heavy atom. The van der Waals surface area contributed by atoms with Crippen molar-refractivity contribution in [3.8, 4) is 0 Å². The van der Waals surface area contributed by atoms with Gasteiger partial charge >= 0.3 is 0 Å². The van der Waals surface area contributed by atoms with Gasteiger partial charge in [-0.3, -0.25) is 4.79 Å². The van der Waals surface area contributed by atoms with E-state index in [9.17, 15) is 4.79 Å². The Morgan fingerprint density at radius 2 is 2.04 bits per heavy atom. The molecule has 2 fully saturated rings. The molecule has 27 heavy (non-hydrogen) atoms. The predicted octanol–water partition coefficient (Wildman–Crippen LogP) is 3.10. The highest BCUT2D eigenvalue weighted by Gasteiger charge is 2.28. The Hall–Kier alpha value is -1.69. The van der Waals surface area contributed by atoms with Crippen molar-refractivity contribution in [2.24, 2.45) is 4.99 Å². The van der Waals surface area contributed by atoms with E-state index in [0.29, 0.717) is 19.5 Å². The van der Waals surface area contributed by atoms with Crippen molar-refractivity contribution in [3.63, 3.8) is 0 Å². The molecule has 0 bridgehead atoms. The first-order valence-corrected chi connectivity index (χ1v) is 11.0. The molecule has 6 heteroatoms. The number of carbonyl (C=O) groups is 1. The normalized spacial score (nSPS) is 20.3. The number of guanidine groups is 1. The van der Waals surface area contributed by atoms with Gasteiger partial charge in [-0.25, -0.2) is 4.99 Å². The van der Waals surface area contributed by atoms with Crippen LogP contribution < -0.4 is 5.32 Å². The fourth-order valence-corrected chi connectivity index (χ4v) is 4.84. The maximum atomic E-state index is 12.0. The second-order valence-electron chi connectivity index (χ2n) is 7.89. The number of amides is 1. The fourth-order valence-electron chi connectivity index (χ4n) is 3.73. The third kappa shape index (κ3) is 5.41. The maximum Gasteiger partial charge on any atom is 0.222 e. The van der Waals surface area contributed by atoms with E-state index >= 15 is 0 Å². The first kappa shape index (κ1) is 20.1. The molecule has 0 saturated carbocycles. The summed E-state index contributed by atoms with van der Waals surface area (Å²) in [5.41, 5.74) is 2.42. The summed E-state index contributed by atoms with van der Waals surface area (Å²) in [7, 11) is 0. The number of nitrogens with zero attached hydrogens (tertiary/aromatic N) is 3. The second-order valence-corrected chi connectivity index (χ2v) is 9.69. The molecule has 1 aromatic carbocycles. The first-order valence-electron chi connectivity index (χ1n) is 10.0. The summed E-state index contributed by atoms with van der Waals surface area (Å²) in [6.45, 7) is 11.8. The summed E-state index contributed by atoms with van der Waals surface area (Å²) in [6, 6.07) is 8.38. The smallest absolute Gasteiger partial charge is 0.222 e. The molecule has 2 aliphatic rings. The zero-order valence-corrected chi connectivity index (χ0v) is 17.6. The minimum absolute atomic E-state index is 0.252.